The van der Waals surface area contributed by atoms with Gasteiger partial charge in [-0.3, -0.25) is 9.59 Å². The molecule has 162 valence electrons. The number of carbonyl (C=O) groups is 2. The number of hydrogen-bond acceptors (Lipinski definition) is 4. The molecule has 1 heterocycles. The molecule has 3 aromatic carbocycles. The molecule has 0 radical (unpaired) electrons. The summed E-state index contributed by atoms with van der Waals surface area (Å²) in [7, 11) is 1.60. The van der Waals surface area contributed by atoms with Crippen LogP contribution < -0.4 is 5.32 Å². The summed E-state index contributed by atoms with van der Waals surface area (Å²) in [5, 5.41) is 3.23. The number of nitrogens with one attached hydrogen (secondary N) is 1. The normalized spacial score (nSPS) is 15.9. The number of hydrogen-bond donors (Lipinski definition) is 1. The van der Waals surface area contributed by atoms with Crippen LogP contribution in [-0.4, -0.2) is 36.9 Å². The van der Waals surface area contributed by atoms with Crippen molar-refractivity contribution in [2.45, 2.75) is 6.04 Å². The van der Waals surface area contributed by atoms with E-state index in [4.69, 9.17) is 4.74 Å². The molecule has 1 atom stereocenters. The lowest BCUT2D eigenvalue weighted by Crippen LogP contribution is -2.34. The highest BCUT2D eigenvalue weighted by molar-refractivity contribution is 9.10. The van der Waals surface area contributed by atoms with E-state index in [1.807, 2.05) is 72.8 Å². The second kappa shape index (κ2) is 9.94. The van der Waals surface area contributed by atoms with Gasteiger partial charge < -0.3 is 15.0 Å². The molecule has 5 nitrogen and oxygen atoms in total. The average molecular weight is 491 g/mol. The summed E-state index contributed by atoms with van der Waals surface area (Å²) < 4.78 is 6.19. The smallest absolute Gasteiger partial charge is 0.271 e. The zero-order valence-electron chi connectivity index (χ0n) is 17.6. The minimum absolute atomic E-state index is 0.174. The fourth-order valence-corrected chi connectivity index (χ4v) is 4.12. The van der Waals surface area contributed by atoms with Crippen molar-refractivity contribution in [3.8, 4) is 0 Å². The van der Waals surface area contributed by atoms with Crippen LogP contribution in [0, 0.1) is 0 Å². The van der Waals surface area contributed by atoms with Gasteiger partial charge in [0.15, 0.2) is 5.78 Å². The summed E-state index contributed by atoms with van der Waals surface area (Å²) in [5.74, 6) is -0.398. The summed E-state index contributed by atoms with van der Waals surface area (Å²) in [6.45, 7) is 0.736. The van der Waals surface area contributed by atoms with E-state index in [0.717, 1.165) is 15.7 Å². The number of ketones is 1. The molecule has 1 N–H and O–H groups in total. The van der Waals surface area contributed by atoms with Crippen molar-refractivity contribution in [2.75, 3.05) is 25.6 Å². The topological polar surface area (TPSA) is 58.6 Å². The van der Waals surface area contributed by atoms with Crippen LogP contribution in [0.2, 0.25) is 0 Å². The van der Waals surface area contributed by atoms with Crippen molar-refractivity contribution in [1.82, 2.24) is 4.90 Å². The van der Waals surface area contributed by atoms with E-state index in [0.29, 0.717) is 30.0 Å². The lowest BCUT2D eigenvalue weighted by molar-refractivity contribution is -0.127. The van der Waals surface area contributed by atoms with Gasteiger partial charge in [0.2, 0.25) is 0 Å². The molecule has 0 bridgehead atoms. The maximum Gasteiger partial charge on any atom is 0.271 e. The number of halogens is 1. The van der Waals surface area contributed by atoms with Gasteiger partial charge in [-0.25, -0.2) is 0 Å². The molecule has 1 amide bonds. The molecule has 0 aromatic heterocycles. The van der Waals surface area contributed by atoms with Crippen LogP contribution in [0.5, 0.6) is 0 Å². The van der Waals surface area contributed by atoms with Crippen molar-refractivity contribution in [3.05, 3.63) is 112 Å². The Labute approximate surface area is 195 Å². The van der Waals surface area contributed by atoms with E-state index in [9.17, 15) is 9.59 Å². The standard InChI is InChI=1S/C26H23BrN2O3/c1-32-17-16-29-24(18-8-4-2-5-9-18)22(25(30)19-10-6-3-7-11-19)23(26(29)31)28-21-14-12-20(27)13-15-21/h2-15,24,28H,16-17H2,1H3. The molecule has 1 aliphatic rings. The third-order valence-corrected chi connectivity index (χ3v) is 5.90. The first-order chi connectivity index (χ1) is 15.6. The number of Topliss-reactive ketones (excluding diaryl/α,β-unsaturated/α-hetero) is 1. The molecule has 4 rings (SSSR count). The van der Waals surface area contributed by atoms with Gasteiger partial charge >= 0.3 is 0 Å². The molecule has 0 fully saturated rings. The van der Waals surface area contributed by atoms with Gasteiger partial charge in [-0.05, 0) is 29.8 Å². The summed E-state index contributed by atoms with van der Waals surface area (Å²) in [4.78, 5) is 29.0. The van der Waals surface area contributed by atoms with Gasteiger partial charge in [-0.15, -0.1) is 0 Å². The molecular formula is C26H23BrN2O3. The van der Waals surface area contributed by atoms with Crippen molar-refractivity contribution in [2.24, 2.45) is 0 Å². The molecule has 1 aliphatic heterocycles. The Kier molecular flexibility index (Phi) is 6.83. The fourth-order valence-electron chi connectivity index (χ4n) is 3.85. The third kappa shape index (κ3) is 4.52. The Morgan fingerprint density at radius 2 is 1.59 bits per heavy atom. The predicted octanol–water partition coefficient (Wildman–Crippen LogP) is 5.23. The van der Waals surface area contributed by atoms with Crippen LogP contribution in [0.1, 0.15) is 22.0 Å². The predicted molar refractivity (Wildman–Crippen MR) is 128 cm³/mol. The molecule has 32 heavy (non-hydrogen) atoms. The first-order valence-electron chi connectivity index (χ1n) is 10.3. The van der Waals surface area contributed by atoms with E-state index < -0.39 is 6.04 Å². The highest BCUT2D eigenvalue weighted by Crippen LogP contribution is 2.40. The summed E-state index contributed by atoms with van der Waals surface area (Å²) in [6.07, 6.45) is 0. The molecule has 3 aromatic rings. The number of rotatable bonds is 8. The molecule has 0 saturated carbocycles. The number of amides is 1. The fraction of sp³-hybridized carbons (Fsp3) is 0.154. The van der Waals surface area contributed by atoms with E-state index >= 15 is 0 Å². The number of benzene rings is 3. The minimum Gasteiger partial charge on any atom is -0.383 e. The van der Waals surface area contributed by atoms with E-state index in [2.05, 4.69) is 21.2 Å². The van der Waals surface area contributed by atoms with Gasteiger partial charge in [0.1, 0.15) is 5.70 Å². The average Bonchev–Trinajstić information content (AvgIpc) is 3.11. The maximum absolute atomic E-state index is 13.7. The summed E-state index contributed by atoms with van der Waals surface area (Å²) in [6, 6.07) is 25.7. The van der Waals surface area contributed by atoms with Gasteiger partial charge in [0.25, 0.3) is 5.91 Å². The Balaban J connectivity index is 1.86. The van der Waals surface area contributed by atoms with Crippen molar-refractivity contribution < 1.29 is 14.3 Å². The molecule has 0 aliphatic carbocycles. The lowest BCUT2D eigenvalue weighted by Gasteiger charge is -2.26. The zero-order chi connectivity index (χ0) is 22.5. The number of anilines is 1. The van der Waals surface area contributed by atoms with Crippen LogP contribution in [-0.2, 0) is 9.53 Å². The van der Waals surface area contributed by atoms with E-state index in [-0.39, 0.29) is 11.7 Å². The van der Waals surface area contributed by atoms with E-state index in [1.54, 1.807) is 24.1 Å². The Hall–Kier alpha value is -3.22. The van der Waals surface area contributed by atoms with Gasteiger partial charge in [0, 0.05) is 29.4 Å². The SMILES string of the molecule is COCCN1C(=O)C(Nc2ccc(Br)cc2)=C(C(=O)c2ccccc2)C1c1ccccc1. The van der Waals surface area contributed by atoms with Crippen LogP contribution in [0.15, 0.2) is 101 Å². The van der Waals surface area contributed by atoms with Gasteiger partial charge in [0.05, 0.1) is 18.2 Å². The minimum atomic E-state index is -0.510. The second-order valence-corrected chi connectivity index (χ2v) is 8.34. The van der Waals surface area contributed by atoms with Gasteiger partial charge in [-0.2, -0.15) is 0 Å². The first kappa shape index (κ1) is 22.0. The van der Waals surface area contributed by atoms with Crippen LogP contribution in [0.4, 0.5) is 5.69 Å². The highest BCUT2D eigenvalue weighted by Gasteiger charge is 2.43. The highest BCUT2D eigenvalue weighted by atomic mass is 79.9. The molecule has 1 unspecified atom stereocenters. The van der Waals surface area contributed by atoms with Crippen LogP contribution in [0.25, 0.3) is 0 Å². The summed E-state index contributed by atoms with van der Waals surface area (Å²) >= 11 is 3.43. The Morgan fingerprint density at radius 1 is 0.969 bits per heavy atom. The van der Waals surface area contributed by atoms with Crippen molar-refractivity contribution >= 4 is 33.3 Å². The molecular weight excluding hydrogens is 468 g/mol. The van der Waals surface area contributed by atoms with E-state index in [1.165, 1.54) is 0 Å². The lowest BCUT2D eigenvalue weighted by atomic mass is 9.92. The van der Waals surface area contributed by atoms with Gasteiger partial charge in [-0.1, -0.05) is 76.6 Å². The number of nitrogens with zero attached hydrogens (tertiary/aromatic N) is 1. The first-order valence-corrected chi connectivity index (χ1v) is 11.1. The number of methoxy groups -OCH3 is 1. The summed E-state index contributed by atoms with van der Waals surface area (Å²) in [5.41, 5.74) is 2.89. The van der Waals surface area contributed by atoms with Crippen molar-refractivity contribution in [1.29, 1.82) is 0 Å². The number of carbonyl (C=O) groups excluding carboxylic acids is 2. The van der Waals surface area contributed by atoms with Crippen LogP contribution >= 0.6 is 15.9 Å². The number of ether oxygens (including phenoxy) is 1. The van der Waals surface area contributed by atoms with Crippen molar-refractivity contribution in [3.63, 3.8) is 0 Å². The third-order valence-electron chi connectivity index (χ3n) is 5.37. The molecule has 0 spiro atoms. The maximum atomic E-state index is 13.7. The quantitative estimate of drug-likeness (QED) is 0.439. The largest absolute Gasteiger partial charge is 0.383 e. The zero-order valence-corrected chi connectivity index (χ0v) is 19.2. The Bertz CT molecular complexity index is 1130. The van der Waals surface area contributed by atoms with Crippen LogP contribution in [0.3, 0.4) is 0 Å². The molecule has 6 heteroatoms. The monoisotopic (exact) mass is 490 g/mol. The molecule has 0 saturated heterocycles. The second-order valence-electron chi connectivity index (χ2n) is 7.42. The Morgan fingerprint density at radius 3 is 2.22 bits per heavy atom.